The van der Waals surface area contributed by atoms with Crippen LogP contribution < -0.4 is 5.32 Å². The summed E-state index contributed by atoms with van der Waals surface area (Å²) < 4.78 is 5.21. The van der Waals surface area contributed by atoms with E-state index >= 15 is 0 Å². The molecule has 1 N–H and O–H groups in total. The minimum atomic E-state index is 0.683. The van der Waals surface area contributed by atoms with Crippen LogP contribution in [0.2, 0.25) is 0 Å². The standard InChI is InChI=1S/C10H14N2OS/c14-10(12-5-1-2-6-12)11-8-9-4-3-7-13-9/h3-4,7H,1-2,5-6,8H2,(H,11,14). The highest BCUT2D eigenvalue weighted by atomic mass is 32.1. The highest BCUT2D eigenvalue weighted by Gasteiger charge is 2.14. The molecule has 1 saturated heterocycles. The maximum absolute atomic E-state index is 5.26. The van der Waals surface area contributed by atoms with Gasteiger partial charge in [0.1, 0.15) is 5.76 Å². The first-order valence-electron chi connectivity index (χ1n) is 4.91. The smallest absolute Gasteiger partial charge is 0.169 e. The van der Waals surface area contributed by atoms with Gasteiger partial charge in [0.05, 0.1) is 12.8 Å². The maximum atomic E-state index is 5.26. The van der Waals surface area contributed by atoms with Gasteiger partial charge in [-0.15, -0.1) is 0 Å². The molecule has 14 heavy (non-hydrogen) atoms. The lowest BCUT2D eigenvalue weighted by molar-refractivity contribution is 0.477. The van der Waals surface area contributed by atoms with E-state index in [-0.39, 0.29) is 0 Å². The second-order valence-corrected chi connectivity index (χ2v) is 3.82. The Morgan fingerprint density at radius 1 is 1.50 bits per heavy atom. The molecule has 0 aromatic carbocycles. The van der Waals surface area contributed by atoms with Gasteiger partial charge in [-0.25, -0.2) is 0 Å². The van der Waals surface area contributed by atoms with Crippen molar-refractivity contribution >= 4 is 17.3 Å². The van der Waals surface area contributed by atoms with Crippen molar-refractivity contribution in [2.24, 2.45) is 0 Å². The zero-order chi connectivity index (χ0) is 9.80. The molecule has 76 valence electrons. The van der Waals surface area contributed by atoms with Crippen LogP contribution in [0.3, 0.4) is 0 Å². The maximum Gasteiger partial charge on any atom is 0.169 e. The van der Waals surface area contributed by atoms with Gasteiger partial charge < -0.3 is 14.6 Å². The molecular formula is C10H14N2OS. The second-order valence-electron chi connectivity index (χ2n) is 3.43. The molecule has 0 spiro atoms. The zero-order valence-electron chi connectivity index (χ0n) is 8.03. The topological polar surface area (TPSA) is 28.4 Å². The lowest BCUT2D eigenvalue weighted by atomic mass is 10.4. The predicted molar refractivity (Wildman–Crippen MR) is 59.0 cm³/mol. The van der Waals surface area contributed by atoms with Crippen LogP contribution in [-0.2, 0) is 6.54 Å². The van der Waals surface area contributed by atoms with Crippen molar-refractivity contribution in [1.29, 1.82) is 0 Å². The average molecular weight is 210 g/mol. The summed E-state index contributed by atoms with van der Waals surface area (Å²) in [6.45, 7) is 2.86. The van der Waals surface area contributed by atoms with E-state index in [9.17, 15) is 0 Å². The van der Waals surface area contributed by atoms with Crippen LogP contribution >= 0.6 is 12.2 Å². The number of hydrogen-bond donors (Lipinski definition) is 1. The van der Waals surface area contributed by atoms with Crippen LogP contribution in [0.1, 0.15) is 18.6 Å². The molecule has 0 radical (unpaired) electrons. The Hall–Kier alpha value is -1.03. The monoisotopic (exact) mass is 210 g/mol. The highest BCUT2D eigenvalue weighted by Crippen LogP contribution is 2.07. The van der Waals surface area contributed by atoms with Crippen molar-refractivity contribution < 1.29 is 4.42 Å². The molecule has 1 aromatic heterocycles. The number of thiocarbonyl (C=S) groups is 1. The molecular weight excluding hydrogens is 196 g/mol. The molecule has 0 saturated carbocycles. The number of likely N-dealkylation sites (tertiary alicyclic amines) is 1. The molecule has 4 heteroatoms. The molecule has 0 amide bonds. The van der Waals surface area contributed by atoms with E-state index in [1.165, 1.54) is 12.8 Å². The summed E-state index contributed by atoms with van der Waals surface area (Å²) >= 11 is 5.26. The van der Waals surface area contributed by atoms with Gasteiger partial charge in [-0.05, 0) is 37.2 Å². The summed E-state index contributed by atoms with van der Waals surface area (Å²) in [5.41, 5.74) is 0. The van der Waals surface area contributed by atoms with Crippen LogP contribution in [0.4, 0.5) is 0 Å². The van der Waals surface area contributed by atoms with Crippen LogP contribution in [-0.4, -0.2) is 23.1 Å². The third kappa shape index (κ3) is 2.26. The summed E-state index contributed by atoms with van der Waals surface area (Å²) in [5, 5.41) is 4.04. The van der Waals surface area contributed by atoms with Crippen molar-refractivity contribution in [3.63, 3.8) is 0 Å². The van der Waals surface area contributed by atoms with Crippen molar-refractivity contribution in [3.05, 3.63) is 24.2 Å². The normalized spacial score (nSPS) is 15.9. The largest absolute Gasteiger partial charge is 0.467 e. The minimum Gasteiger partial charge on any atom is -0.467 e. The molecule has 0 unspecified atom stereocenters. The Balaban J connectivity index is 1.77. The fourth-order valence-electron chi connectivity index (χ4n) is 1.61. The summed E-state index contributed by atoms with van der Waals surface area (Å²) in [4.78, 5) is 2.21. The first kappa shape index (κ1) is 9.52. The molecule has 2 heterocycles. The Morgan fingerprint density at radius 2 is 2.29 bits per heavy atom. The van der Waals surface area contributed by atoms with Gasteiger partial charge in [-0.2, -0.15) is 0 Å². The number of nitrogens with zero attached hydrogens (tertiary/aromatic N) is 1. The lowest BCUT2D eigenvalue weighted by Crippen LogP contribution is -2.37. The van der Waals surface area contributed by atoms with E-state index in [1.807, 2.05) is 12.1 Å². The van der Waals surface area contributed by atoms with Crippen molar-refractivity contribution in [2.45, 2.75) is 19.4 Å². The predicted octanol–water partition coefficient (Wildman–Crippen LogP) is 1.75. The summed E-state index contributed by atoms with van der Waals surface area (Å²) in [6, 6.07) is 3.83. The number of furan rings is 1. The van der Waals surface area contributed by atoms with E-state index in [2.05, 4.69) is 10.2 Å². The quantitative estimate of drug-likeness (QED) is 0.753. The first-order valence-corrected chi connectivity index (χ1v) is 5.32. The lowest BCUT2D eigenvalue weighted by Gasteiger charge is -2.18. The molecule has 1 aromatic rings. The Morgan fingerprint density at radius 3 is 2.93 bits per heavy atom. The summed E-state index contributed by atoms with van der Waals surface area (Å²) in [7, 11) is 0. The Kier molecular flexibility index (Phi) is 3.03. The summed E-state index contributed by atoms with van der Waals surface area (Å²) in [6.07, 6.45) is 4.18. The molecule has 2 rings (SSSR count). The van der Waals surface area contributed by atoms with E-state index in [0.29, 0.717) is 6.54 Å². The van der Waals surface area contributed by atoms with Gasteiger partial charge in [0.2, 0.25) is 0 Å². The van der Waals surface area contributed by atoms with Crippen LogP contribution in [0, 0.1) is 0 Å². The van der Waals surface area contributed by atoms with Crippen molar-refractivity contribution in [2.75, 3.05) is 13.1 Å². The number of rotatable bonds is 2. The van der Waals surface area contributed by atoms with Gasteiger partial charge in [0, 0.05) is 13.1 Å². The average Bonchev–Trinajstić information content (AvgIpc) is 2.87. The highest BCUT2D eigenvalue weighted by molar-refractivity contribution is 7.80. The SMILES string of the molecule is S=C(NCc1ccco1)N1CCCC1. The van der Waals surface area contributed by atoms with Gasteiger partial charge in [0.15, 0.2) is 5.11 Å². The van der Waals surface area contributed by atoms with E-state index in [0.717, 1.165) is 24.0 Å². The fourth-order valence-corrected chi connectivity index (χ4v) is 1.86. The van der Waals surface area contributed by atoms with Crippen LogP contribution in [0.15, 0.2) is 22.8 Å². The number of nitrogens with one attached hydrogen (secondary N) is 1. The molecule has 0 aliphatic carbocycles. The molecule has 1 fully saturated rings. The first-order chi connectivity index (χ1) is 6.86. The van der Waals surface area contributed by atoms with Crippen molar-refractivity contribution in [3.8, 4) is 0 Å². The number of hydrogen-bond acceptors (Lipinski definition) is 2. The molecule has 0 atom stereocenters. The van der Waals surface area contributed by atoms with Gasteiger partial charge in [-0.3, -0.25) is 0 Å². The third-order valence-electron chi connectivity index (χ3n) is 2.39. The van der Waals surface area contributed by atoms with E-state index in [4.69, 9.17) is 16.6 Å². The fraction of sp³-hybridized carbons (Fsp3) is 0.500. The Bertz CT molecular complexity index is 291. The van der Waals surface area contributed by atoms with Gasteiger partial charge >= 0.3 is 0 Å². The van der Waals surface area contributed by atoms with Gasteiger partial charge in [-0.1, -0.05) is 0 Å². The van der Waals surface area contributed by atoms with Gasteiger partial charge in [0.25, 0.3) is 0 Å². The zero-order valence-corrected chi connectivity index (χ0v) is 8.85. The molecule has 1 aliphatic rings. The summed E-state index contributed by atoms with van der Waals surface area (Å²) in [5.74, 6) is 0.923. The minimum absolute atomic E-state index is 0.683. The van der Waals surface area contributed by atoms with E-state index < -0.39 is 0 Å². The third-order valence-corrected chi connectivity index (χ3v) is 2.79. The van der Waals surface area contributed by atoms with Crippen LogP contribution in [0.25, 0.3) is 0 Å². The molecule has 0 bridgehead atoms. The van der Waals surface area contributed by atoms with Crippen LogP contribution in [0.5, 0.6) is 0 Å². The Labute approximate surface area is 89.1 Å². The second kappa shape index (κ2) is 4.46. The molecule has 1 aliphatic heterocycles. The van der Waals surface area contributed by atoms with E-state index in [1.54, 1.807) is 6.26 Å². The molecule has 3 nitrogen and oxygen atoms in total. The van der Waals surface area contributed by atoms with Crippen molar-refractivity contribution in [1.82, 2.24) is 10.2 Å².